The third-order valence-electron chi connectivity index (χ3n) is 3.34. The molecule has 1 fully saturated rings. The summed E-state index contributed by atoms with van der Waals surface area (Å²) in [5.41, 5.74) is 1.22. The normalized spacial score (nSPS) is 25.2. The number of phenolic OH excluding ortho intramolecular Hbond substituents is 1. The van der Waals surface area contributed by atoms with Gasteiger partial charge < -0.3 is 9.84 Å². The molecule has 1 N–H and O–H groups in total. The number of aromatic hydroxyl groups is 1. The minimum absolute atomic E-state index is 0.288. The molecule has 0 saturated carbocycles. The van der Waals surface area contributed by atoms with Crippen molar-refractivity contribution in [1.82, 2.24) is 4.90 Å². The maximum Gasteiger partial charge on any atom is 0.126 e. The first-order valence-corrected chi connectivity index (χ1v) is 5.52. The zero-order valence-electron chi connectivity index (χ0n) is 8.65. The average molecular weight is 205 g/mol. The summed E-state index contributed by atoms with van der Waals surface area (Å²) in [5, 5.41) is 9.33. The third kappa shape index (κ3) is 1.57. The van der Waals surface area contributed by atoms with E-state index in [1.54, 1.807) is 12.1 Å². The van der Waals surface area contributed by atoms with Gasteiger partial charge in [0.2, 0.25) is 0 Å². The molecular weight excluding hydrogens is 190 g/mol. The van der Waals surface area contributed by atoms with Gasteiger partial charge in [0.25, 0.3) is 0 Å². The molecule has 2 aliphatic rings. The topological polar surface area (TPSA) is 32.7 Å². The van der Waals surface area contributed by atoms with E-state index in [0.717, 1.165) is 18.8 Å². The van der Waals surface area contributed by atoms with Crippen molar-refractivity contribution < 1.29 is 9.84 Å². The van der Waals surface area contributed by atoms with Crippen molar-refractivity contribution in [2.24, 2.45) is 0 Å². The molecule has 1 aromatic carbocycles. The molecule has 15 heavy (non-hydrogen) atoms. The second-order valence-corrected chi connectivity index (χ2v) is 4.35. The Bertz CT molecular complexity index is 374. The van der Waals surface area contributed by atoms with Crippen molar-refractivity contribution >= 4 is 0 Å². The van der Waals surface area contributed by atoms with Crippen LogP contribution in [0.3, 0.4) is 0 Å². The zero-order chi connectivity index (χ0) is 10.3. The van der Waals surface area contributed by atoms with Gasteiger partial charge in [0.1, 0.15) is 18.1 Å². The number of phenols is 1. The quantitative estimate of drug-likeness (QED) is 0.752. The summed E-state index contributed by atoms with van der Waals surface area (Å²) in [6.07, 6.45) is 2.37. The van der Waals surface area contributed by atoms with E-state index in [9.17, 15) is 5.11 Å². The van der Waals surface area contributed by atoms with E-state index in [2.05, 4.69) is 4.90 Å². The molecular formula is C12H15NO2. The highest BCUT2D eigenvalue weighted by molar-refractivity contribution is 5.41. The minimum Gasteiger partial charge on any atom is -0.508 e. The van der Waals surface area contributed by atoms with E-state index in [1.807, 2.05) is 6.07 Å². The second kappa shape index (κ2) is 3.42. The van der Waals surface area contributed by atoms with Crippen molar-refractivity contribution in [3.63, 3.8) is 0 Å². The Morgan fingerprint density at radius 2 is 2.20 bits per heavy atom. The van der Waals surface area contributed by atoms with Crippen molar-refractivity contribution in [1.29, 1.82) is 0 Å². The van der Waals surface area contributed by atoms with Gasteiger partial charge in [-0.15, -0.1) is 0 Å². The van der Waals surface area contributed by atoms with Crippen molar-refractivity contribution in [2.75, 3.05) is 19.7 Å². The summed E-state index contributed by atoms with van der Waals surface area (Å²) < 4.78 is 5.67. The fraction of sp³-hybridized carbons (Fsp3) is 0.500. The lowest BCUT2D eigenvalue weighted by Crippen LogP contribution is -2.50. The monoisotopic (exact) mass is 205 g/mol. The van der Waals surface area contributed by atoms with Gasteiger partial charge in [-0.1, -0.05) is 6.07 Å². The molecule has 3 nitrogen and oxygen atoms in total. The smallest absolute Gasteiger partial charge is 0.126 e. The highest BCUT2D eigenvalue weighted by Gasteiger charge is 2.28. The van der Waals surface area contributed by atoms with Crippen LogP contribution in [0.25, 0.3) is 0 Å². The number of hydrogen-bond donors (Lipinski definition) is 1. The molecule has 2 heterocycles. The van der Waals surface area contributed by atoms with Crippen LogP contribution >= 0.6 is 0 Å². The lowest BCUT2D eigenvalue weighted by molar-refractivity contribution is 0.0691. The van der Waals surface area contributed by atoms with Crippen molar-refractivity contribution in [2.45, 2.75) is 18.9 Å². The van der Waals surface area contributed by atoms with Gasteiger partial charge in [-0.2, -0.15) is 0 Å². The number of benzene rings is 1. The van der Waals surface area contributed by atoms with Crippen LogP contribution < -0.4 is 4.74 Å². The highest BCUT2D eigenvalue weighted by Crippen LogP contribution is 2.30. The van der Waals surface area contributed by atoms with Gasteiger partial charge in [0.05, 0.1) is 0 Å². The molecule has 1 saturated heterocycles. The Balaban J connectivity index is 1.80. The van der Waals surface area contributed by atoms with Crippen LogP contribution in [-0.2, 0) is 6.42 Å². The molecule has 2 aliphatic heterocycles. The van der Waals surface area contributed by atoms with Gasteiger partial charge in [-0.3, -0.25) is 4.90 Å². The number of ether oxygens (including phenoxy) is 1. The Kier molecular flexibility index (Phi) is 2.06. The molecule has 0 radical (unpaired) electrons. The second-order valence-electron chi connectivity index (χ2n) is 4.35. The van der Waals surface area contributed by atoms with Gasteiger partial charge in [-0.05, 0) is 37.6 Å². The summed E-state index contributed by atoms with van der Waals surface area (Å²) in [6.45, 7) is 3.18. The Morgan fingerprint density at radius 3 is 2.93 bits per heavy atom. The lowest BCUT2D eigenvalue weighted by atomic mass is 9.99. The van der Waals surface area contributed by atoms with E-state index in [1.165, 1.54) is 25.1 Å². The fourth-order valence-corrected chi connectivity index (χ4v) is 2.29. The SMILES string of the molecule is Oc1ccc2c(c1)OCC(N1CCC1)C2. The average Bonchev–Trinajstić information content (AvgIpc) is 2.15. The largest absolute Gasteiger partial charge is 0.508 e. The fourth-order valence-electron chi connectivity index (χ4n) is 2.29. The molecule has 1 aromatic rings. The number of likely N-dealkylation sites (tertiary alicyclic amines) is 1. The van der Waals surface area contributed by atoms with Crippen LogP contribution in [0.15, 0.2) is 18.2 Å². The van der Waals surface area contributed by atoms with E-state index < -0.39 is 0 Å². The Morgan fingerprint density at radius 1 is 1.33 bits per heavy atom. The molecule has 0 bridgehead atoms. The summed E-state index contributed by atoms with van der Waals surface area (Å²) in [7, 11) is 0. The third-order valence-corrected chi connectivity index (χ3v) is 3.34. The number of hydrogen-bond acceptors (Lipinski definition) is 3. The Labute approximate surface area is 89.3 Å². The van der Waals surface area contributed by atoms with Crippen LogP contribution in [0.1, 0.15) is 12.0 Å². The highest BCUT2D eigenvalue weighted by atomic mass is 16.5. The van der Waals surface area contributed by atoms with Crippen molar-refractivity contribution in [3.05, 3.63) is 23.8 Å². The zero-order valence-corrected chi connectivity index (χ0v) is 8.65. The van der Waals surface area contributed by atoms with E-state index >= 15 is 0 Å². The minimum atomic E-state index is 0.288. The first kappa shape index (κ1) is 9.04. The van der Waals surface area contributed by atoms with Gasteiger partial charge >= 0.3 is 0 Å². The van der Waals surface area contributed by atoms with E-state index in [-0.39, 0.29) is 5.75 Å². The van der Waals surface area contributed by atoms with Crippen LogP contribution in [-0.4, -0.2) is 35.7 Å². The molecule has 1 atom stereocenters. The molecule has 1 unspecified atom stereocenters. The maximum atomic E-state index is 9.33. The van der Waals surface area contributed by atoms with Crippen LogP contribution in [0.4, 0.5) is 0 Å². The first-order valence-electron chi connectivity index (χ1n) is 5.52. The molecule has 3 rings (SSSR count). The predicted molar refractivity (Wildman–Crippen MR) is 57.3 cm³/mol. The molecule has 80 valence electrons. The Hall–Kier alpha value is -1.22. The van der Waals surface area contributed by atoms with Crippen molar-refractivity contribution in [3.8, 4) is 11.5 Å². The number of nitrogens with zero attached hydrogens (tertiary/aromatic N) is 1. The molecule has 0 aromatic heterocycles. The van der Waals surface area contributed by atoms with Gasteiger partial charge in [0.15, 0.2) is 0 Å². The predicted octanol–water partition coefficient (Wildman–Crippen LogP) is 1.40. The lowest BCUT2D eigenvalue weighted by Gasteiger charge is -2.40. The van der Waals surface area contributed by atoms with E-state index in [4.69, 9.17) is 4.74 Å². The summed E-state index contributed by atoms with van der Waals surface area (Å²) in [5.74, 6) is 1.14. The summed E-state index contributed by atoms with van der Waals surface area (Å²) in [6, 6.07) is 5.95. The van der Waals surface area contributed by atoms with Gasteiger partial charge in [0, 0.05) is 12.1 Å². The molecule has 3 heteroatoms. The molecule has 0 aliphatic carbocycles. The van der Waals surface area contributed by atoms with Gasteiger partial charge in [-0.25, -0.2) is 0 Å². The van der Waals surface area contributed by atoms with Crippen LogP contribution in [0.5, 0.6) is 11.5 Å². The summed E-state index contributed by atoms with van der Waals surface area (Å²) in [4.78, 5) is 2.47. The van der Waals surface area contributed by atoms with Crippen LogP contribution in [0, 0.1) is 0 Å². The molecule has 0 spiro atoms. The first-order chi connectivity index (χ1) is 7.33. The van der Waals surface area contributed by atoms with Crippen LogP contribution in [0.2, 0.25) is 0 Å². The number of fused-ring (bicyclic) bond motifs is 1. The standard InChI is InChI=1S/C12H15NO2/c14-11-3-2-9-6-10(13-4-1-5-13)8-15-12(9)7-11/h2-3,7,10,14H,1,4-6,8H2. The molecule has 0 amide bonds. The number of rotatable bonds is 1. The maximum absolute atomic E-state index is 9.33. The summed E-state index contributed by atoms with van der Waals surface area (Å²) >= 11 is 0. The van der Waals surface area contributed by atoms with E-state index in [0.29, 0.717) is 6.04 Å².